The fourth-order valence-corrected chi connectivity index (χ4v) is 7.19. The number of rotatable bonds is 7. The van der Waals surface area contributed by atoms with Crippen LogP contribution < -0.4 is 15.0 Å². The fourth-order valence-electron chi connectivity index (χ4n) is 6.87. The first-order valence-electron chi connectivity index (χ1n) is 16.5. The molecule has 3 amide bonds. The molecule has 0 saturated carbocycles. The van der Waals surface area contributed by atoms with Crippen LogP contribution >= 0.6 is 11.6 Å². The van der Waals surface area contributed by atoms with Crippen molar-refractivity contribution < 1.29 is 42.9 Å². The molecule has 1 N–H and O–H groups in total. The monoisotopic (exact) mass is 703 g/mol. The molecule has 9 atom stereocenters. The highest BCUT2D eigenvalue weighted by Crippen LogP contribution is 2.49. The van der Waals surface area contributed by atoms with Gasteiger partial charge in [-0.15, -0.1) is 0 Å². The number of nitrogens with one attached hydrogen (secondary N) is 1. The van der Waals surface area contributed by atoms with Crippen LogP contribution in [0.5, 0.6) is 5.75 Å². The van der Waals surface area contributed by atoms with Gasteiger partial charge in [-0.2, -0.15) is 0 Å². The summed E-state index contributed by atoms with van der Waals surface area (Å²) >= 11 is 6.76. The lowest BCUT2D eigenvalue weighted by Gasteiger charge is -2.43. The first kappa shape index (κ1) is 38.4. The summed E-state index contributed by atoms with van der Waals surface area (Å²) in [7, 11) is 6.32. The van der Waals surface area contributed by atoms with E-state index in [1.807, 2.05) is 58.1 Å². The summed E-state index contributed by atoms with van der Waals surface area (Å²) in [4.78, 5) is 54.5. The molecule has 0 aromatic heterocycles. The maximum atomic E-state index is 14.1. The molecule has 0 radical (unpaired) electrons. The summed E-state index contributed by atoms with van der Waals surface area (Å²) in [5.41, 5.74) is 0.477. The Labute approximate surface area is 294 Å². The summed E-state index contributed by atoms with van der Waals surface area (Å²) in [5.74, 6) is -0.501. The number of amides is 3. The van der Waals surface area contributed by atoms with E-state index in [2.05, 4.69) is 5.32 Å². The molecule has 0 aliphatic carbocycles. The van der Waals surface area contributed by atoms with E-state index in [9.17, 15) is 19.2 Å². The predicted octanol–water partition coefficient (Wildman–Crippen LogP) is 4.65. The number of anilines is 1. The van der Waals surface area contributed by atoms with E-state index in [-0.39, 0.29) is 29.2 Å². The van der Waals surface area contributed by atoms with Crippen molar-refractivity contribution in [1.82, 2.24) is 10.2 Å². The van der Waals surface area contributed by atoms with E-state index in [1.165, 1.54) is 23.8 Å². The smallest absolute Gasteiger partial charge is 0.407 e. The van der Waals surface area contributed by atoms with Gasteiger partial charge in [-0.1, -0.05) is 42.3 Å². The number of ether oxygens (including phenoxy) is 5. The van der Waals surface area contributed by atoms with Gasteiger partial charge in [0.2, 0.25) is 11.8 Å². The number of aldehydes is 1. The number of carbonyl (C=O) groups excluding carboxylic acids is 4. The van der Waals surface area contributed by atoms with E-state index < -0.39 is 53.8 Å². The molecule has 49 heavy (non-hydrogen) atoms. The molecule has 3 heterocycles. The number of fused-ring (bicyclic) bond motifs is 5. The van der Waals surface area contributed by atoms with Crippen molar-refractivity contribution in [2.75, 3.05) is 33.2 Å². The summed E-state index contributed by atoms with van der Waals surface area (Å²) < 4.78 is 30.1. The van der Waals surface area contributed by atoms with E-state index >= 15 is 0 Å². The van der Waals surface area contributed by atoms with Gasteiger partial charge in [0.1, 0.15) is 28.6 Å². The van der Waals surface area contributed by atoms with E-state index in [0.29, 0.717) is 30.6 Å². The van der Waals surface area contributed by atoms with Crippen LogP contribution in [0.1, 0.15) is 59.9 Å². The quantitative estimate of drug-likeness (QED) is 0.318. The number of likely N-dealkylation sites (N-methyl/N-ethyl adjacent to an activating group) is 1. The third kappa shape index (κ3) is 8.14. The van der Waals surface area contributed by atoms with Crippen LogP contribution in [0.3, 0.4) is 0 Å². The van der Waals surface area contributed by atoms with Gasteiger partial charge in [0.15, 0.2) is 6.29 Å². The van der Waals surface area contributed by atoms with Crippen molar-refractivity contribution in [1.29, 1.82) is 0 Å². The molecule has 12 nitrogen and oxygen atoms in total. The molecule has 270 valence electrons. The van der Waals surface area contributed by atoms with Gasteiger partial charge < -0.3 is 43.6 Å². The van der Waals surface area contributed by atoms with Crippen molar-refractivity contribution in [2.24, 2.45) is 5.92 Å². The van der Waals surface area contributed by atoms with Gasteiger partial charge in [0, 0.05) is 40.5 Å². The van der Waals surface area contributed by atoms with Gasteiger partial charge in [-0.3, -0.25) is 9.59 Å². The normalized spacial score (nSPS) is 33.5. The van der Waals surface area contributed by atoms with Crippen LogP contribution in [0.2, 0.25) is 5.02 Å². The number of benzene rings is 1. The Hall–Kier alpha value is -3.45. The number of allylic oxidation sites excluding steroid dienone is 3. The number of alkyl carbamates (subject to hydrolysis) is 1. The minimum Gasteiger partial charge on any atom is -0.495 e. The van der Waals surface area contributed by atoms with Crippen LogP contribution in [-0.2, 0) is 39.8 Å². The molecule has 13 heteroatoms. The van der Waals surface area contributed by atoms with Gasteiger partial charge in [-0.25, -0.2) is 4.79 Å². The van der Waals surface area contributed by atoms with Crippen molar-refractivity contribution >= 4 is 41.5 Å². The number of nitrogens with zero attached hydrogens (tertiary/aromatic N) is 2. The molecule has 1 aromatic carbocycles. The molecule has 4 bridgehead atoms. The van der Waals surface area contributed by atoms with Crippen LogP contribution in [0.4, 0.5) is 10.5 Å². The van der Waals surface area contributed by atoms with Crippen molar-refractivity contribution in [3.8, 4) is 5.75 Å². The molecular formula is C36H50ClN3O9. The first-order chi connectivity index (χ1) is 23.0. The van der Waals surface area contributed by atoms with Crippen molar-refractivity contribution in [3.63, 3.8) is 0 Å². The lowest BCUT2D eigenvalue weighted by molar-refractivity contribution is -0.144. The Morgan fingerprint density at radius 2 is 1.94 bits per heavy atom. The van der Waals surface area contributed by atoms with E-state index in [1.54, 1.807) is 28.1 Å². The highest BCUT2D eigenvalue weighted by molar-refractivity contribution is 6.35. The van der Waals surface area contributed by atoms with Crippen molar-refractivity contribution in [3.05, 3.63) is 46.5 Å². The molecule has 4 rings (SSSR count). The van der Waals surface area contributed by atoms with Crippen LogP contribution in [0, 0.1) is 5.92 Å². The van der Waals surface area contributed by atoms with E-state index in [0.717, 1.165) is 11.1 Å². The largest absolute Gasteiger partial charge is 0.495 e. The molecule has 3 aliphatic heterocycles. The Morgan fingerprint density at radius 3 is 2.55 bits per heavy atom. The molecule has 3 aliphatic rings. The predicted molar refractivity (Wildman–Crippen MR) is 185 cm³/mol. The van der Waals surface area contributed by atoms with Crippen LogP contribution in [0.25, 0.3) is 0 Å². The molecule has 1 aromatic rings. The topological polar surface area (TPSA) is 136 Å². The second kappa shape index (κ2) is 15.2. The van der Waals surface area contributed by atoms with Gasteiger partial charge in [-0.05, 0) is 51.8 Å². The van der Waals surface area contributed by atoms with Crippen LogP contribution in [-0.4, -0.2) is 105 Å². The first-order valence-corrected chi connectivity index (χ1v) is 16.9. The lowest BCUT2D eigenvalue weighted by Crippen LogP contribution is -2.61. The molecule has 4 unspecified atom stereocenters. The summed E-state index contributed by atoms with van der Waals surface area (Å²) in [5, 5.41) is 3.23. The fraction of sp³-hybridized carbons (Fsp3) is 0.611. The second-order valence-corrected chi connectivity index (χ2v) is 14.3. The van der Waals surface area contributed by atoms with Gasteiger partial charge in [0.05, 0.1) is 49.1 Å². The van der Waals surface area contributed by atoms with Gasteiger partial charge >= 0.3 is 6.09 Å². The van der Waals surface area contributed by atoms with Gasteiger partial charge in [0.25, 0.3) is 0 Å². The number of epoxide rings is 1. The summed E-state index contributed by atoms with van der Waals surface area (Å²) in [6, 6.07) is 3.05. The third-order valence-corrected chi connectivity index (χ3v) is 10.7. The Balaban J connectivity index is 1.81. The minimum atomic E-state index is -1.06. The second-order valence-electron chi connectivity index (χ2n) is 13.9. The molecule has 2 saturated heterocycles. The standard InChI is InChI=1S/C36H50ClN3O9/c1-20-12-11-13-29(46-10)35(5)18-27(48-34(44)38-35)21(2)33-36(6,49-33)30(47-28(19-41)22(3)39(7)23(4)42)17-31(43)40(8)25-15-24(14-20)16-26(45-9)32(25)37/h11-13,15-16,19,21-22,27-30,33H,14,17-18H2,1-10H3,(H,38,44)/b13-11+,20-12+/t21-,22+,27?,28?,29-,30+,33?,35-,36?/m1/s1. The zero-order valence-corrected chi connectivity index (χ0v) is 30.8. The average Bonchev–Trinajstić information content (AvgIpc) is 3.75. The molecule has 0 spiro atoms. The number of carbonyl (C=O) groups is 4. The number of hydrogen-bond acceptors (Lipinski definition) is 9. The Morgan fingerprint density at radius 1 is 1.24 bits per heavy atom. The Kier molecular flexibility index (Phi) is 11.9. The number of methoxy groups -OCH3 is 2. The summed E-state index contributed by atoms with van der Waals surface area (Å²) in [6.45, 7) is 10.8. The number of hydrogen-bond donors (Lipinski definition) is 1. The highest BCUT2D eigenvalue weighted by Gasteiger charge is 2.63. The van der Waals surface area contributed by atoms with Crippen molar-refractivity contribution in [2.45, 2.75) is 109 Å². The summed E-state index contributed by atoms with van der Waals surface area (Å²) in [6.07, 6.45) is 3.08. The van der Waals surface area contributed by atoms with E-state index in [4.69, 9.17) is 35.3 Å². The number of halogens is 1. The molecular weight excluding hydrogens is 654 g/mol. The Bertz CT molecular complexity index is 1500. The highest BCUT2D eigenvalue weighted by atomic mass is 35.5. The maximum absolute atomic E-state index is 14.1. The maximum Gasteiger partial charge on any atom is 0.407 e. The average molecular weight is 704 g/mol. The zero-order chi connectivity index (χ0) is 36.4. The zero-order valence-electron chi connectivity index (χ0n) is 30.1. The van der Waals surface area contributed by atoms with Crippen LogP contribution in [0.15, 0.2) is 35.9 Å². The third-order valence-electron chi connectivity index (χ3n) is 10.3. The lowest BCUT2D eigenvalue weighted by atomic mass is 9.79. The molecule has 2 fully saturated rings. The minimum absolute atomic E-state index is 0.182. The SMILES string of the molecule is COc1cc2cc(c1Cl)N(C)C(=O)C[C@H](OC(C=O)[C@H](C)N(C)C(C)=O)C1(C)OC1[C@H](C)C1C[C@@](C)(NC(=O)O1)[C@H](OC)/C=C/C=C(\C)C2.